The number of rotatable bonds is 11. The topological polar surface area (TPSA) is 104 Å². The van der Waals surface area contributed by atoms with Crippen molar-refractivity contribution in [3.63, 3.8) is 0 Å². The molecular weight excluding hydrogens is 1410 g/mol. The Morgan fingerprint density at radius 3 is 0.741 bits per heavy atom. The van der Waals surface area contributed by atoms with Crippen LogP contribution in [0, 0.1) is 0 Å². The number of nitrogens with zero attached hydrogens (tertiary/aromatic N) is 6. The van der Waals surface area contributed by atoms with Gasteiger partial charge in [-0.3, -0.25) is 0 Å². The molecule has 0 bridgehead atoms. The zero-order valence-electron chi connectivity index (χ0n) is 62.6. The SMILES string of the molecule is c1ccc(-c2ccc3oc4cc(-c5nc(-c6ccccc6)nc(-c6ccccc6-c6ccc7c8ccccc8c8ccccc8c7c6)n5)ccc4c3c2)cc1.c1ccc(-c2ccc3oc4cc(-c5nc(-c6ccccc6)nc(-c6ccccc6-c6ccccc6-c6ccc7c8ccccc8c8ccccc8c7c6)n5)ccc4c3c2)cc1. The minimum absolute atomic E-state index is 0.577. The molecule has 8 heteroatoms. The van der Waals surface area contributed by atoms with Crippen molar-refractivity contribution in [3.05, 3.63) is 400 Å². The predicted molar refractivity (Wildman–Crippen MR) is 479 cm³/mol. The standard InChI is InChI=1S/C57H35N3O.C51H31N3O/c1-3-15-36(16-4-1)38-29-32-53-52(33-38)49-31-28-40(35-54(49)61-53)56-58-55(37-17-5-2-6-18-37)59-57(60-56)50-26-14-13-24-46(50)42-20-8-7-19-41(42)39-27-30-48-45-23-10-9-21-43(45)44-22-11-12-25-47(44)51(48)34-39;1-3-13-32(14-4-1)34-25-28-47-46(29-34)43-27-24-36(31-48(43)55-47)50-52-49(33-15-5-2-6-16-33)53-51(54-50)44-22-12-7-17-37(44)35-23-26-42-40-20-9-8-18-38(40)39-19-10-11-21-41(39)45(42)30-35/h1-35H;1-31H. The number of benzene rings is 19. The molecule has 23 aromatic rings. The van der Waals surface area contributed by atoms with E-state index in [4.69, 9.17) is 38.7 Å². The molecule has 4 aromatic heterocycles. The summed E-state index contributed by atoms with van der Waals surface area (Å²) in [4.78, 5) is 30.9. The maximum absolute atomic E-state index is 6.47. The molecule has 0 spiro atoms. The van der Waals surface area contributed by atoms with Gasteiger partial charge in [0.2, 0.25) is 0 Å². The molecule has 4 heterocycles. The Balaban J connectivity index is 0.000000141. The quantitative estimate of drug-likeness (QED) is 0.118. The molecule has 116 heavy (non-hydrogen) atoms. The largest absolute Gasteiger partial charge is 0.456 e. The average Bonchev–Trinajstić information content (AvgIpc) is 1.05. The van der Waals surface area contributed by atoms with Gasteiger partial charge in [-0.25, -0.2) is 29.9 Å². The third-order valence-electron chi connectivity index (χ3n) is 22.7. The lowest BCUT2D eigenvalue weighted by Crippen LogP contribution is -2.01. The zero-order chi connectivity index (χ0) is 76.6. The Morgan fingerprint density at radius 1 is 0.121 bits per heavy atom. The molecule has 8 nitrogen and oxygen atoms in total. The van der Waals surface area contributed by atoms with Gasteiger partial charge in [0, 0.05) is 54.9 Å². The van der Waals surface area contributed by atoms with E-state index in [9.17, 15) is 0 Å². The van der Waals surface area contributed by atoms with Crippen LogP contribution in [-0.4, -0.2) is 29.9 Å². The summed E-state index contributed by atoms with van der Waals surface area (Å²) < 4.78 is 12.9. The molecular formula is C108H66N6O2. The fourth-order valence-corrected chi connectivity index (χ4v) is 17.1. The highest BCUT2D eigenvalue weighted by Crippen LogP contribution is 2.45. The highest BCUT2D eigenvalue weighted by Gasteiger charge is 2.23. The van der Waals surface area contributed by atoms with E-state index in [0.29, 0.717) is 34.9 Å². The third kappa shape index (κ3) is 11.9. The molecule has 0 N–H and O–H groups in total. The van der Waals surface area contributed by atoms with E-state index in [-0.39, 0.29) is 0 Å². The van der Waals surface area contributed by atoms with Crippen LogP contribution in [0.5, 0.6) is 0 Å². The predicted octanol–water partition coefficient (Wildman–Crippen LogP) is 28.8. The van der Waals surface area contributed by atoms with E-state index in [1.165, 1.54) is 75.8 Å². The van der Waals surface area contributed by atoms with Crippen molar-refractivity contribution in [2.24, 2.45) is 0 Å². The first-order valence-electron chi connectivity index (χ1n) is 39.1. The van der Waals surface area contributed by atoms with Crippen molar-refractivity contribution in [2.45, 2.75) is 0 Å². The fraction of sp³-hybridized carbons (Fsp3) is 0. The van der Waals surface area contributed by atoms with Crippen molar-refractivity contribution in [1.29, 1.82) is 0 Å². The van der Waals surface area contributed by atoms with Gasteiger partial charge >= 0.3 is 0 Å². The Labute approximate surface area is 667 Å². The lowest BCUT2D eigenvalue weighted by Gasteiger charge is -2.16. The number of aromatic nitrogens is 6. The molecule has 0 aliphatic heterocycles. The molecule has 0 saturated heterocycles. The van der Waals surface area contributed by atoms with E-state index >= 15 is 0 Å². The molecule has 0 amide bonds. The molecule has 0 aliphatic carbocycles. The molecule has 0 radical (unpaired) electrons. The number of hydrogen-bond donors (Lipinski definition) is 0. The van der Waals surface area contributed by atoms with Crippen LogP contribution in [0.15, 0.2) is 409 Å². The first-order chi connectivity index (χ1) is 57.5. The molecule has 23 rings (SSSR count). The van der Waals surface area contributed by atoms with E-state index < -0.39 is 0 Å². The number of furan rings is 2. The first-order valence-corrected chi connectivity index (χ1v) is 39.1. The minimum atomic E-state index is 0.577. The molecule has 540 valence electrons. The van der Waals surface area contributed by atoms with Crippen LogP contribution in [0.2, 0.25) is 0 Å². The average molecular weight is 1480 g/mol. The summed E-state index contributed by atoms with van der Waals surface area (Å²) in [5.41, 5.74) is 19.9. The zero-order valence-corrected chi connectivity index (χ0v) is 62.6. The van der Waals surface area contributed by atoms with E-state index in [2.05, 4.69) is 328 Å². The van der Waals surface area contributed by atoms with Crippen LogP contribution in [0.1, 0.15) is 0 Å². The fourth-order valence-electron chi connectivity index (χ4n) is 17.1. The maximum Gasteiger partial charge on any atom is 0.164 e. The number of hydrogen-bond acceptors (Lipinski definition) is 8. The van der Waals surface area contributed by atoms with Crippen LogP contribution in [0.4, 0.5) is 0 Å². The second-order valence-corrected chi connectivity index (χ2v) is 29.5. The van der Waals surface area contributed by atoms with E-state index in [0.717, 1.165) is 122 Å². The van der Waals surface area contributed by atoms with Crippen LogP contribution < -0.4 is 0 Å². The van der Waals surface area contributed by atoms with Gasteiger partial charge in [-0.15, -0.1) is 0 Å². The van der Waals surface area contributed by atoms with Gasteiger partial charge in [-0.1, -0.05) is 340 Å². The van der Waals surface area contributed by atoms with Gasteiger partial charge in [-0.2, -0.15) is 0 Å². The summed E-state index contributed by atoms with van der Waals surface area (Å²) in [5.74, 6) is 3.59. The van der Waals surface area contributed by atoms with Gasteiger partial charge in [-0.05, 0) is 181 Å². The summed E-state index contributed by atoms with van der Waals surface area (Å²) in [6.07, 6.45) is 0. The summed E-state index contributed by atoms with van der Waals surface area (Å²) in [6.45, 7) is 0. The third-order valence-corrected chi connectivity index (χ3v) is 22.7. The Bertz CT molecular complexity index is 7760. The van der Waals surface area contributed by atoms with Crippen molar-refractivity contribution < 1.29 is 8.83 Å². The lowest BCUT2D eigenvalue weighted by molar-refractivity contribution is 0.668. The Morgan fingerprint density at radius 2 is 0.362 bits per heavy atom. The monoisotopic (exact) mass is 1480 g/mol. The molecule has 19 aromatic carbocycles. The van der Waals surface area contributed by atoms with Gasteiger partial charge in [0.25, 0.3) is 0 Å². The van der Waals surface area contributed by atoms with Crippen molar-refractivity contribution in [2.75, 3.05) is 0 Å². The Hall–Kier alpha value is -15.6. The van der Waals surface area contributed by atoms with Crippen molar-refractivity contribution in [1.82, 2.24) is 29.9 Å². The molecule has 0 saturated carbocycles. The van der Waals surface area contributed by atoms with E-state index in [1.807, 2.05) is 72.8 Å². The molecule has 0 fully saturated rings. The highest BCUT2D eigenvalue weighted by atomic mass is 16.3. The van der Waals surface area contributed by atoms with Crippen LogP contribution in [-0.2, 0) is 0 Å². The summed E-state index contributed by atoms with van der Waals surface area (Å²) in [7, 11) is 0. The molecule has 0 atom stereocenters. The Kier molecular flexibility index (Phi) is 16.4. The lowest BCUT2D eigenvalue weighted by atomic mass is 9.88. The van der Waals surface area contributed by atoms with Crippen molar-refractivity contribution >= 4 is 109 Å². The maximum atomic E-state index is 6.47. The smallest absolute Gasteiger partial charge is 0.164 e. The van der Waals surface area contributed by atoms with Crippen LogP contribution >= 0.6 is 0 Å². The first kappa shape index (κ1) is 67.3. The van der Waals surface area contributed by atoms with E-state index in [1.54, 1.807) is 0 Å². The van der Waals surface area contributed by atoms with Crippen LogP contribution in [0.3, 0.4) is 0 Å². The normalized spacial score (nSPS) is 11.6. The minimum Gasteiger partial charge on any atom is -0.456 e. The second kappa shape index (κ2) is 28.3. The van der Waals surface area contributed by atoms with Gasteiger partial charge in [0.15, 0.2) is 34.9 Å². The summed E-state index contributed by atoms with van der Waals surface area (Å²) in [6, 6.07) is 140. The highest BCUT2D eigenvalue weighted by molar-refractivity contribution is 6.27. The molecule has 0 aliphatic rings. The summed E-state index contributed by atoms with van der Waals surface area (Å²) in [5, 5.41) is 19.3. The van der Waals surface area contributed by atoms with Crippen LogP contribution in [0.25, 0.3) is 232 Å². The second-order valence-electron chi connectivity index (χ2n) is 29.5. The van der Waals surface area contributed by atoms with Gasteiger partial charge < -0.3 is 8.83 Å². The van der Waals surface area contributed by atoms with Gasteiger partial charge in [0.1, 0.15) is 22.3 Å². The van der Waals surface area contributed by atoms with Crippen molar-refractivity contribution in [3.8, 4) is 124 Å². The van der Waals surface area contributed by atoms with Gasteiger partial charge in [0.05, 0.1) is 0 Å². The molecule has 0 unspecified atom stereocenters. The number of fused-ring (bicyclic) bond motifs is 18. The summed E-state index contributed by atoms with van der Waals surface area (Å²) >= 11 is 0.